The van der Waals surface area contributed by atoms with Crippen LogP contribution in [0.15, 0.2) is 65.3 Å². The first-order valence-electron chi connectivity index (χ1n) is 9.45. The molecule has 1 aliphatic rings. The molecule has 8 heteroatoms. The Morgan fingerprint density at radius 1 is 1.06 bits per heavy atom. The summed E-state index contributed by atoms with van der Waals surface area (Å²) in [5.41, 5.74) is 3.84. The van der Waals surface area contributed by atoms with E-state index in [1.165, 1.54) is 5.56 Å². The molecule has 1 aliphatic heterocycles. The Bertz CT molecular complexity index is 1260. The number of cyclic esters (lactones) is 1. The average molecular weight is 690 g/mol. The van der Waals surface area contributed by atoms with Crippen molar-refractivity contribution in [1.29, 1.82) is 0 Å². The van der Waals surface area contributed by atoms with Crippen LogP contribution < -0.4 is 4.74 Å². The van der Waals surface area contributed by atoms with Crippen LogP contribution in [0.5, 0.6) is 5.75 Å². The van der Waals surface area contributed by atoms with Gasteiger partial charge in [0.1, 0.15) is 12.4 Å². The Kier molecular flexibility index (Phi) is 7.44. The van der Waals surface area contributed by atoms with E-state index in [0.29, 0.717) is 22.2 Å². The van der Waals surface area contributed by atoms with Crippen LogP contribution in [0.4, 0.5) is 0 Å². The minimum absolute atomic E-state index is 0.158. The van der Waals surface area contributed by atoms with E-state index < -0.39 is 5.97 Å². The third kappa shape index (κ3) is 5.47. The third-order valence-corrected chi connectivity index (χ3v) is 6.72. The fourth-order valence-electron chi connectivity index (χ4n) is 3.10. The van der Waals surface area contributed by atoms with Crippen molar-refractivity contribution in [3.8, 4) is 5.75 Å². The number of carbonyl (C=O) groups excluding carboxylic acids is 1. The molecule has 0 aliphatic carbocycles. The molecule has 3 aromatic rings. The fourth-order valence-corrected chi connectivity index (χ4v) is 5.72. The SMILES string of the molecule is Cc1cccc(COc2c(I)cc(/C=C3\N=C(c4ccc(Cl)cc4Cl)OC3=O)cc2I)c1. The summed E-state index contributed by atoms with van der Waals surface area (Å²) in [4.78, 5) is 16.7. The predicted octanol–water partition coefficient (Wildman–Crippen LogP) is 7.43. The van der Waals surface area contributed by atoms with E-state index in [1.807, 2.05) is 24.3 Å². The van der Waals surface area contributed by atoms with Crippen LogP contribution >= 0.6 is 68.4 Å². The Hall–Kier alpha value is -1.62. The number of aryl methyl sites for hydroxylation is 1. The molecular formula is C24H15Cl2I2NO3. The Labute approximate surface area is 222 Å². The highest BCUT2D eigenvalue weighted by Crippen LogP contribution is 2.32. The summed E-state index contributed by atoms with van der Waals surface area (Å²) in [6, 6.07) is 17.0. The van der Waals surface area contributed by atoms with Gasteiger partial charge in [0.25, 0.3) is 0 Å². The van der Waals surface area contributed by atoms with Crippen LogP contribution in [-0.2, 0) is 16.1 Å². The van der Waals surface area contributed by atoms with Crippen molar-refractivity contribution in [2.45, 2.75) is 13.5 Å². The van der Waals surface area contributed by atoms with Crippen molar-refractivity contribution in [3.05, 3.63) is 99.7 Å². The number of halogens is 4. The van der Waals surface area contributed by atoms with Crippen LogP contribution in [0.2, 0.25) is 10.0 Å². The Balaban J connectivity index is 1.57. The summed E-state index contributed by atoms with van der Waals surface area (Å²) in [6.07, 6.45) is 1.69. The van der Waals surface area contributed by atoms with Gasteiger partial charge in [-0.2, -0.15) is 0 Å². The molecule has 0 fully saturated rings. The van der Waals surface area contributed by atoms with E-state index in [0.717, 1.165) is 24.0 Å². The zero-order valence-electron chi connectivity index (χ0n) is 16.7. The molecule has 0 atom stereocenters. The summed E-state index contributed by atoms with van der Waals surface area (Å²) < 4.78 is 13.3. The van der Waals surface area contributed by atoms with E-state index in [2.05, 4.69) is 69.2 Å². The lowest BCUT2D eigenvalue weighted by Crippen LogP contribution is -2.06. The number of nitrogens with zero attached hydrogens (tertiary/aromatic N) is 1. The van der Waals surface area contributed by atoms with Crippen molar-refractivity contribution in [1.82, 2.24) is 0 Å². The average Bonchev–Trinajstić information content (AvgIpc) is 3.07. The standard InChI is InChI=1S/C24H15Cl2I2NO3/c1-13-3-2-4-14(7-13)12-31-22-19(27)8-15(9-20(22)28)10-21-24(30)32-23(29-21)17-6-5-16(25)11-18(17)26/h2-11H,12H2,1H3/b21-10-. The molecule has 3 aromatic carbocycles. The number of ether oxygens (including phenoxy) is 2. The zero-order chi connectivity index (χ0) is 22.8. The number of esters is 1. The van der Waals surface area contributed by atoms with Gasteiger partial charge in [-0.15, -0.1) is 0 Å². The second kappa shape index (κ2) is 10.1. The zero-order valence-corrected chi connectivity index (χ0v) is 22.5. The first-order valence-corrected chi connectivity index (χ1v) is 12.4. The lowest BCUT2D eigenvalue weighted by molar-refractivity contribution is -0.129. The van der Waals surface area contributed by atoms with Gasteiger partial charge in [-0.05, 0) is 99.6 Å². The first kappa shape index (κ1) is 23.5. The van der Waals surface area contributed by atoms with Gasteiger partial charge in [0.15, 0.2) is 5.70 Å². The van der Waals surface area contributed by atoms with Gasteiger partial charge in [-0.25, -0.2) is 9.79 Å². The van der Waals surface area contributed by atoms with E-state index in [9.17, 15) is 4.79 Å². The van der Waals surface area contributed by atoms with Crippen LogP contribution in [0, 0.1) is 14.1 Å². The highest BCUT2D eigenvalue weighted by Gasteiger charge is 2.26. The first-order chi connectivity index (χ1) is 15.3. The summed E-state index contributed by atoms with van der Waals surface area (Å²) in [7, 11) is 0. The van der Waals surface area contributed by atoms with Crippen molar-refractivity contribution >= 4 is 86.3 Å². The molecule has 0 N–H and O–H groups in total. The maximum atomic E-state index is 12.4. The van der Waals surface area contributed by atoms with E-state index in [1.54, 1.807) is 24.3 Å². The molecule has 32 heavy (non-hydrogen) atoms. The maximum absolute atomic E-state index is 12.4. The summed E-state index contributed by atoms with van der Waals surface area (Å²) >= 11 is 16.6. The van der Waals surface area contributed by atoms with Gasteiger partial charge < -0.3 is 9.47 Å². The predicted molar refractivity (Wildman–Crippen MR) is 144 cm³/mol. The Morgan fingerprint density at radius 3 is 2.50 bits per heavy atom. The Morgan fingerprint density at radius 2 is 1.81 bits per heavy atom. The highest BCUT2D eigenvalue weighted by molar-refractivity contribution is 14.1. The van der Waals surface area contributed by atoms with Crippen LogP contribution in [0.25, 0.3) is 6.08 Å². The molecule has 0 bridgehead atoms. The lowest BCUT2D eigenvalue weighted by atomic mass is 10.1. The normalized spacial score (nSPS) is 14.5. The van der Waals surface area contributed by atoms with E-state index in [4.69, 9.17) is 32.7 Å². The van der Waals surface area contributed by atoms with Gasteiger partial charge >= 0.3 is 5.97 Å². The number of aliphatic imine (C=N–C) groups is 1. The molecule has 0 unspecified atom stereocenters. The minimum Gasteiger partial charge on any atom is -0.487 e. The molecule has 4 rings (SSSR count). The van der Waals surface area contributed by atoms with Crippen LogP contribution in [-0.4, -0.2) is 11.9 Å². The molecule has 162 valence electrons. The second-order valence-electron chi connectivity index (χ2n) is 7.05. The van der Waals surface area contributed by atoms with E-state index >= 15 is 0 Å². The largest absolute Gasteiger partial charge is 0.487 e. The van der Waals surface area contributed by atoms with Gasteiger partial charge in [0.05, 0.1) is 17.7 Å². The van der Waals surface area contributed by atoms with Crippen LogP contribution in [0.3, 0.4) is 0 Å². The molecule has 0 saturated heterocycles. The van der Waals surface area contributed by atoms with Crippen molar-refractivity contribution in [2.24, 2.45) is 4.99 Å². The number of carbonyl (C=O) groups is 1. The highest BCUT2D eigenvalue weighted by atomic mass is 127. The number of benzene rings is 3. The number of hydrogen-bond acceptors (Lipinski definition) is 4. The number of hydrogen-bond donors (Lipinski definition) is 0. The third-order valence-electron chi connectivity index (χ3n) is 4.57. The summed E-state index contributed by atoms with van der Waals surface area (Å²) in [5, 5.41) is 0.859. The minimum atomic E-state index is -0.532. The topological polar surface area (TPSA) is 47.9 Å². The molecule has 0 radical (unpaired) electrons. The molecular weight excluding hydrogens is 675 g/mol. The van der Waals surface area contributed by atoms with Crippen molar-refractivity contribution < 1.29 is 14.3 Å². The van der Waals surface area contributed by atoms with Gasteiger partial charge in [0, 0.05) is 5.02 Å². The van der Waals surface area contributed by atoms with Crippen molar-refractivity contribution in [2.75, 3.05) is 0 Å². The summed E-state index contributed by atoms with van der Waals surface area (Å²) in [5.74, 6) is 0.433. The molecule has 0 amide bonds. The molecule has 0 aromatic heterocycles. The van der Waals surface area contributed by atoms with E-state index in [-0.39, 0.29) is 11.6 Å². The maximum Gasteiger partial charge on any atom is 0.363 e. The summed E-state index contributed by atoms with van der Waals surface area (Å²) in [6.45, 7) is 2.54. The molecule has 0 saturated carbocycles. The van der Waals surface area contributed by atoms with Gasteiger partial charge in [-0.3, -0.25) is 0 Å². The van der Waals surface area contributed by atoms with Crippen LogP contribution in [0.1, 0.15) is 22.3 Å². The lowest BCUT2D eigenvalue weighted by Gasteiger charge is -2.12. The fraction of sp³-hybridized carbons (Fsp3) is 0.0833. The molecule has 0 spiro atoms. The van der Waals surface area contributed by atoms with Gasteiger partial charge in [0.2, 0.25) is 5.90 Å². The smallest absolute Gasteiger partial charge is 0.363 e. The van der Waals surface area contributed by atoms with Crippen molar-refractivity contribution in [3.63, 3.8) is 0 Å². The quantitative estimate of drug-likeness (QED) is 0.159. The second-order valence-corrected chi connectivity index (χ2v) is 10.2. The molecule has 1 heterocycles. The number of rotatable bonds is 5. The molecule has 4 nitrogen and oxygen atoms in total. The van der Waals surface area contributed by atoms with Gasteiger partial charge in [-0.1, -0.05) is 53.0 Å². The monoisotopic (exact) mass is 689 g/mol.